The fourth-order valence-corrected chi connectivity index (χ4v) is 1.18. The molecule has 1 rings (SSSR count). The lowest BCUT2D eigenvalue weighted by Crippen LogP contribution is -2.07. The Hall–Kier alpha value is -2.37. The number of rotatable bonds is 5. The molecule has 6 nitrogen and oxygen atoms in total. The molecular formula is C11H11NO5. The van der Waals surface area contributed by atoms with Crippen molar-refractivity contribution in [2.45, 2.75) is 6.92 Å². The lowest BCUT2D eigenvalue weighted by atomic mass is 10.1. The zero-order valence-corrected chi connectivity index (χ0v) is 9.17. The van der Waals surface area contributed by atoms with E-state index in [-0.39, 0.29) is 23.6 Å². The van der Waals surface area contributed by atoms with Gasteiger partial charge in [0.05, 0.1) is 4.92 Å². The first-order valence-corrected chi connectivity index (χ1v) is 4.71. The van der Waals surface area contributed by atoms with Crippen LogP contribution in [-0.2, 0) is 0 Å². The molecule has 1 aromatic carbocycles. The molecular weight excluding hydrogens is 226 g/mol. The largest absolute Gasteiger partial charge is 0.482 e. The second-order valence-corrected chi connectivity index (χ2v) is 3.46. The van der Waals surface area contributed by atoms with Crippen molar-refractivity contribution in [1.82, 2.24) is 0 Å². The second-order valence-electron chi connectivity index (χ2n) is 3.46. The molecule has 0 fully saturated rings. The van der Waals surface area contributed by atoms with Gasteiger partial charge in [-0.05, 0) is 18.6 Å². The van der Waals surface area contributed by atoms with Crippen molar-refractivity contribution < 1.29 is 19.6 Å². The van der Waals surface area contributed by atoms with Gasteiger partial charge in [-0.15, -0.1) is 0 Å². The first-order chi connectivity index (χ1) is 7.93. The van der Waals surface area contributed by atoms with Crippen molar-refractivity contribution in [3.63, 3.8) is 0 Å². The number of carbonyl (C=O) groups is 1. The molecule has 0 aromatic heterocycles. The Morgan fingerprint density at radius 2 is 2.24 bits per heavy atom. The fourth-order valence-electron chi connectivity index (χ4n) is 1.18. The Morgan fingerprint density at radius 3 is 2.71 bits per heavy atom. The van der Waals surface area contributed by atoms with Gasteiger partial charge < -0.3 is 9.84 Å². The van der Waals surface area contributed by atoms with Gasteiger partial charge in [0.15, 0.2) is 0 Å². The van der Waals surface area contributed by atoms with E-state index < -0.39 is 10.9 Å². The minimum Gasteiger partial charge on any atom is -0.482 e. The first-order valence-electron chi connectivity index (χ1n) is 4.71. The predicted molar refractivity (Wildman–Crippen MR) is 60.4 cm³/mol. The summed E-state index contributed by atoms with van der Waals surface area (Å²) in [7, 11) is 0. The predicted octanol–water partition coefficient (Wildman–Crippen LogP) is 2.25. The van der Waals surface area contributed by atoms with Crippen LogP contribution in [0.2, 0.25) is 0 Å². The average molecular weight is 237 g/mol. The van der Waals surface area contributed by atoms with Gasteiger partial charge in [-0.2, -0.15) is 0 Å². The van der Waals surface area contributed by atoms with Crippen molar-refractivity contribution in [2.24, 2.45) is 0 Å². The van der Waals surface area contributed by atoms with E-state index in [0.29, 0.717) is 5.57 Å². The highest BCUT2D eigenvalue weighted by atomic mass is 16.6. The molecule has 0 aliphatic carbocycles. The molecule has 0 aliphatic rings. The van der Waals surface area contributed by atoms with Gasteiger partial charge in [0, 0.05) is 6.07 Å². The van der Waals surface area contributed by atoms with Crippen molar-refractivity contribution >= 4 is 11.7 Å². The number of nitrogens with zero attached hydrogens (tertiary/aromatic N) is 1. The number of nitro groups is 1. The zero-order chi connectivity index (χ0) is 13.0. The second kappa shape index (κ2) is 5.11. The minimum atomic E-state index is -1.27. The quantitative estimate of drug-likeness (QED) is 0.482. The third-order valence-electron chi connectivity index (χ3n) is 1.88. The summed E-state index contributed by atoms with van der Waals surface area (Å²) in [6.45, 7) is 5.29. The standard InChI is InChI=1S/C11H11NO5/c1-7(2)6-17-10-8(11(13)14)4-3-5-9(10)12(15)16/h3-5H,1,6H2,2H3,(H,13,14). The third kappa shape index (κ3) is 3.04. The summed E-state index contributed by atoms with van der Waals surface area (Å²) in [6, 6.07) is 3.75. The van der Waals surface area contributed by atoms with Crippen LogP contribution in [0.4, 0.5) is 5.69 Å². The lowest BCUT2D eigenvalue weighted by Gasteiger charge is -2.08. The van der Waals surface area contributed by atoms with Gasteiger partial charge in [0.1, 0.15) is 12.2 Å². The summed E-state index contributed by atoms with van der Waals surface area (Å²) in [4.78, 5) is 21.0. The minimum absolute atomic E-state index is 0.0329. The normalized spacial score (nSPS) is 9.71. The van der Waals surface area contributed by atoms with E-state index in [2.05, 4.69) is 6.58 Å². The van der Waals surface area contributed by atoms with E-state index in [0.717, 1.165) is 0 Å². The molecule has 0 radical (unpaired) electrons. The van der Waals surface area contributed by atoms with E-state index in [4.69, 9.17) is 9.84 Å². The van der Waals surface area contributed by atoms with Crippen LogP contribution in [0.15, 0.2) is 30.4 Å². The summed E-state index contributed by atoms with van der Waals surface area (Å²) < 4.78 is 5.13. The van der Waals surface area contributed by atoms with Gasteiger partial charge >= 0.3 is 11.7 Å². The molecule has 0 heterocycles. The number of para-hydroxylation sites is 1. The SMILES string of the molecule is C=C(C)COc1c(C(=O)O)cccc1[N+](=O)[O-]. The molecule has 0 unspecified atom stereocenters. The average Bonchev–Trinajstić information content (AvgIpc) is 2.25. The van der Waals surface area contributed by atoms with Crippen molar-refractivity contribution in [2.75, 3.05) is 6.61 Å². The van der Waals surface area contributed by atoms with Gasteiger partial charge in [-0.3, -0.25) is 10.1 Å². The summed E-state index contributed by atoms with van der Waals surface area (Å²) in [6.07, 6.45) is 0. The third-order valence-corrected chi connectivity index (χ3v) is 1.88. The molecule has 90 valence electrons. The van der Waals surface area contributed by atoms with Gasteiger partial charge in [0.2, 0.25) is 5.75 Å². The van der Waals surface area contributed by atoms with E-state index in [9.17, 15) is 14.9 Å². The number of nitro benzene ring substituents is 1. The molecule has 0 bridgehead atoms. The smallest absolute Gasteiger partial charge is 0.339 e. The van der Waals surface area contributed by atoms with E-state index in [1.807, 2.05) is 0 Å². The monoisotopic (exact) mass is 237 g/mol. The van der Waals surface area contributed by atoms with Gasteiger partial charge in [0.25, 0.3) is 0 Å². The Morgan fingerprint density at radius 1 is 1.59 bits per heavy atom. The topological polar surface area (TPSA) is 89.7 Å². The molecule has 1 N–H and O–H groups in total. The van der Waals surface area contributed by atoms with Crippen LogP contribution in [-0.4, -0.2) is 22.6 Å². The Kier molecular flexibility index (Phi) is 3.82. The maximum Gasteiger partial charge on any atom is 0.339 e. The first kappa shape index (κ1) is 12.7. The molecule has 0 amide bonds. The molecule has 0 saturated carbocycles. The summed E-state index contributed by atoms with van der Waals surface area (Å²) in [5.41, 5.74) is 0.0334. The van der Waals surface area contributed by atoms with Gasteiger partial charge in [-0.1, -0.05) is 12.6 Å². The van der Waals surface area contributed by atoms with E-state index >= 15 is 0 Å². The van der Waals surface area contributed by atoms with E-state index in [1.54, 1.807) is 6.92 Å². The Balaban J connectivity index is 3.23. The van der Waals surface area contributed by atoms with Crippen LogP contribution < -0.4 is 4.74 Å². The molecule has 0 atom stereocenters. The molecule has 0 aliphatic heterocycles. The number of hydrogen-bond donors (Lipinski definition) is 1. The number of aromatic carboxylic acids is 1. The van der Waals surface area contributed by atoms with Crippen LogP contribution in [0, 0.1) is 10.1 Å². The highest BCUT2D eigenvalue weighted by molar-refractivity contribution is 5.92. The van der Waals surface area contributed by atoms with Crippen molar-refractivity contribution in [3.8, 4) is 5.75 Å². The number of benzene rings is 1. The number of hydrogen-bond acceptors (Lipinski definition) is 4. The highest BCUT2D eigenvalue weighted by Crippen LogP contribution is 2.31. The zero-order valence-electron chi connectivity index (χ0n) is 9.17. The van der Waals surface area contributed by atoms with Crippen LogP contribution in [0.1, 0.15) is 17.3 Å². The number of carboxylic acid groups (broad SMARTS) is 1. The van der Waals surface area contributed by atoms with Crippen LogP contribution in [0.25, 0.3) is 0 Å². The summed E-state index contributed by atoms with van der Waals surface area (Å²) in [5.74, 6) is -1.52. The van der Waals surface area contributed by atoms with Crippen LogP contribution >= 0.6 is 0 Å². The number of ether oxygens (including phenoxy) is 1. The molecule has 1 aromatic rings. The highest BCUT2D eigenvalue weighted by Gasteiger charge is 2.22. The molecule has 0 spiro atoms. The molecule has 0 saturated heterocycles. The van der Waals surface area contributed by atoms with Crippen molar-refractivity contribution in [3.05, 3.63) is 46.0 Å². The summed E-state index contributed by atoms with van der Waals surface area (Å²) in [5, 5.41) is 19.7. The Labute approximate surface area is 97.3 Å². The molecule has 17 heavy (non-hydrogen) atoms. The van der Waals surface area contributed by atoms with Gasteiger partial charge in [-0.25, -0.2) is 4.79 Å². The van der Waals surface area contributed by atoms with Crippen molar-refractivity contribution in [1.29, 1.82) is 0 Å². The lowest BCUT2D eigenvalue weighted by molar-refractivity contribution is -0.385. The van der Waals surface area contributed by atoms with Crippen LogP contribution in [0.3, 0.4) is 0 Å². The summed E-state index contributed by atoms with van der Waals surface area (Å²) >= 11 is 0. The Bertz CT molecular complexity index is 449. The molecule has 6 heteroatoms. The maximum absolute atomic E-state index is 10.9. The van der Waals surface area contributed by atoms with E-state index in [1.165, 1.54) is 18.2 Å². The maximum atomic E-state index is 10.9. The van der Waals surface area contributed by atoms with Crippen LogP contribution in [0.5, 0.6) is 5.75 Å². The fraction of sp³-hybridized carbons (Fsp3) is 0.182. The number of carboxylic acids is 1.